The molecular weight excluding hydrogens is 473 g/mol. The summed E-state index contributed by atoms with van der Waals surface area (Å²) >= 11 is 3.50. The van der Waals surface area contributed by atoms with E-state index in [1.54, 1.807) is 51.2 Å². The van der Waals surface area contributed by atoms with Crippen molar-refractivity contribution in [3.8, 4) is 11.5 Å². The molecule has 9 heteroatoms. The molecule has 0 saturated heterocycles. The number of anilines is 1. The Balaban J connectivity index is 2.41. The molecule has 0 saturated carbocycles. The van der Waals surface area contributed by atoms with E-state index < -0.39 is 7.60 Å². The van der Waals surface area contributed by atoms with E-state index in [9.17, 15) is 9.36 Å². The van der Waals surface area contributed by atoms with Crippen LogP contribution in [0.3, 0.4) is 0 Å². The standard InChI is InChI=1S/C21H27BrNO6P/c1-5-28-30(25,29-6-2)15-21(24)23(14-16-7-9-17(26-3)10-8-16)20-13-18(27-4)11-12-19(20)22/h7-13H,5-6,14-15H2,1-4H3. The number of hydrogen-bond acceptors (Lipinski definition) is 6. The van der Waals surface area contributed by atoms with Gasteiger partial charge < -0.3 is 23.4 Å². The van der Waals surface area contributed by atoms with Gasteiger partial charge in [0.25, 0.3) is 0 Å². The molecule has 0 aliphatic carbocycles. The lowest BCUT2D eigenvalue weighted by atomic mass is 10.2. The minimum Gasteiger partial charge on any atom is -0.497 e. The number of benzene rings is 2. The zero-order valence-electron chi connectivity index (χ0n) is 17.6. The molecule has 0 unspecified atom stereocenters. The Morgan fingerprint density at radius 2 is 1.53 bits per heavy atom. The molecule has 1 amide bonds. The van der Waals surface area contributed by atoms with Crippen molar-refractivity contribution >= 4 is 35.1 Å². The zero-order valence-corrected chi connectivity index (χ0v) is 20.1. The van der Waals surface area contributed by atoms with Crippen molar-refractivity contribution in [2.75, 3.05) is 38.5 Å². The Morgan fingerprint density at radius 1 is 0.967 bits per heavy atom. The molecule has 30 heavy (non-hydrogen) atoms. The summed E-state index contributed by atoms with van der Waals surface area (Å²) < 4.78 is 34.8. The third-order valence-electron chi connectivity index (χ3n) is 4.23. The maximum Gasteiger partial charge on any atom is 0.340 e. The first-order chi connectivity index (χ1) is 14.4. The van der Waals surface area contributed by atoms with Gasteiger partial charge in [0.1, 0.15) is 17.7 Å². The van der Waals surface area contributed by atoms with Crippen molar-refractivity contribution in [1.82, 2.24) is 0 Å². The molecule has 0 heterocycles. The molecular formula is C21H27BrNO6P. The molecule has 0 aliphatic heterocycles. The first kappa shape index (κ1) is 24.4. The Kier molecular flexibility index (Phi) is 9.37. The lowest BCUT2D eigenvalue weighted by Gasteiger charge is -2.26. The summed E-state index contributed by atoms with van der Waals surface area (Å²) in [5.74, 6) is 0.930. The number of ether oxygens (including phenoxy) is 2. The van der Waals surface area contributed by atoms with Crippen LogP contribution in [0.5, 0.6) is 11.5 Å². The molecule has 0 atom stereocenters. The zero-order chi connectivity index (χ0) is 22.1. The van der Waals surface area contributed by atoms with Gasteiger partial charge in [-0.1, -0.05) is 12.1 Å². The molecule has 0 fully saturated rings. The van der Waals surface area contributed by atoms with Crippen LogP contribution in [-0.4, -0.2) is 39.5 Å². The number of carbonyl (C=O) groups is 1. The third kappa shape index (κ3) is 6.57. The Labute approximate surface area is 185 Å². The number of carbonyl (C=O) groups excluding carboxylic acids is 1. The van der Waals surface area contributed by atoms with Crippen LogP contribution < -0.4 is 14.4 Å². The highest BCUT2D eigenvalue weighted by Crippen LogP contribution is 2.48. The Bertz CT molecular complexity index is 880. The molecule has 0 aliphatic rings. The molecule has 2 aromatic carbocycles. The van der Waals surface area contributed by atoms with Crippen molar-refractivity contribution in [2.24, 2.45) is 0 Å². The second-order valence-electron chi connectivity index (χ2n) is 6.25. The third-order valence-corrected chi connectivity index (χ3v) is 6.86. The van der Waals surface area contributed by atoms with Crippen molar-refractivity contribution in [2.45, 2.75) is 20.4 Å². The van der Waals surface area contributed by atoms with Crippen LogP contribution in [0, 0.1) is 0 Å². The van der Waals surface area contributed by atoms with Gasteiger partial charge in [0.15, 0.2) is 0 Å². The van der Waals surface area contributed by atoms with E-state index >= 15 is 0 Å². The summed E-state index contributed by atoms with van der Waals surface area (Å²) in [6.45, 7) is 4.05. The molecule has 0 bridgehead atoms. The largest absolute Gasteiger partial charge is 0.497 e. The molecule has 0 radical (unpaired) electrons. The first-order valence-corrected chi connectivity index (χ1v) is 12.0. The molecule has 0 N–H and O–H groups in total. The summed E-state index contributed by atoms with van der Waals surface area (Å²) in [6, 6.07) is 12.7. The number of nitrogens with zero attached hydrogens (tertiary/aromatic N) is 1. The number of halogens is 1. The van der Waals surface area contributed by atoms with Crippen molar-refractivity contribution in [3.63, 3.8) is 0 Å². The highest BCUT2D eigenvalue weighted by atomic mass is 79.9. The quantitative estimate of drug-likeness (QED) is 0.392. The van der Waals surface area contributed by atoms with Crippen LogP contribution in [0.1, 0.15) is 19.4 Å². The van der Waals surface area contributed by atoms with E-state index in [-0.39, 0.29) is 31.8 Å². The van der Waals surface area contributed by atoms with E-state index in [1.165, 1.54) is 0 Å². The molecule has 2 rings (SSSR count). The highest BCUT2D eigenvalue weighted by Gasteiger charge is 2.31. The normalized spacial score (nSPS) is 11.2. The van der Waals surface area contributed by atoms with Gasteiger partial charge in [0, 0.05) is 10.5 Å². The Morgan fingerprint density at radius 3 is 2.07 bits per heavy atom. The Hall–Kier alpha value is -1.86. The number of hydrogen-bond donors (Lipinski definition) is 0. The minimum atomic E-state index is -3.56. The van der Waals surface area contributed by atoms with E-state index in [1.807, 2.05) is 24.3 Å². The van der Waals surface area contributed by atoms with Crippen molar-refractivity contribution < 1.29 is 27.9 Å². The van der Waals surface area contributed by atoms with Crippen LogP contribution in [0.15, 0.2) is 46.9 Å². The number of rotatable bonds is 11. The molecule has 164 valence electrons. The van der Waals surface area contributed by atoms with Gasteiger partial charge >= 0.3 is 7.60 Å². The van der Waals surface area contributed by atoms with Crippen LogP contribution in [0.25, 0.3) is 0 Å². The second kappa shape index (κ2) is 11.5. The van der Waals surface area contributed by atoms with E-state index in [4.69, 9.17) is 18.5 Å². The molecule has 0 spiro atoms. The fraction of sp³-hybridized carbons (Fsp3) is 0.381. The second-order valence-corrected chi connectivity index (χ2v) is 9.16. The number of amides is 1. The maximum atomic E-state index is 13.3. The van der Waals surface area contributed by atoms with Crippen LogP contribution in [0.2, 0.25) is 0 Å². The predicted molar refractivity (Wildman–Crippen MR) is 121 cm³/mol. The summed E-state index contributed by atoms with van der Waals surface area (Å²) in [4.78, 5) is 14.8. The SMILES string of the molecule is CCOP(=O)(CC(=O)N(Cc1ccc(OC)cc1)c1cc(OC)ccc1Br)OCC. The molecule has 0 aromatic heterocycles. The van der Waals surface area contributed by atoms with Gasteiger partial charge in [-0.05, 0) is 59.6 Å². The van der Waals surface area contributed by atoms with Gasteiger partial charge in [-0.15, -0.1) is 0 Å². The maximum absolute atomic E-state index is 13.3. The monoisotopic (exact) mass is 499 g/mol. The van der Waals surface area contributed by atoms with Crippen LogP contribution >= 0.6 is 23.5 Å². The van der Waals surface area contributed by atoms with Gasteiger partial charge in [-0.25, -0.2) is 0 Å². The average molecular weight is 500 g/mol. The van der Waals surface area contributed by atoms with Crippen molar-refractivity contribution in [3.05, 3.63) is 52.5 Å². The smallest absolute Gasteiger partial charge is 0.340 e. The summed E-state index contributed by atoms with van der Waals surface area (Å²) in [7, 11) is -0.408. The lowest BCUT2D eigenvalue weighted by Crippen LogP contribution is -2.33. The highest BCUT2D eigenvalue weighted by molar-refractivity contribution is 9.10. The van der Waals surface area contributed by atoms with Gasteiger partial charge in [-0.2, -0.15) is 0 Å². The van der Waals surface area contributed by atoms with Gasteiger partial charge in [-0.3, -0.25) is 9.36 Å². The summed E-state index contributed by atoms with van der Waals surface area (Å²) in [6.07, 6.45) is -0.367. The topological polar surface area (TPSA) is 74.3 Å². The number of methoxy groups -OCH3 is 2. The fourth-order valence-corrected chi connectivity index (χ4v) is 4.83. The molecule has 2 aromatic rings. The van der Waals surface area contributed by atoms with Crippen molar-refractivity contribution in [1.29, 1.82) is 0 Å². The first-order valence-electron chi connectivity index (χ1n) is 9.50. The van der Waals surface area contributed by atoms with E-state index in [0.717, 1.165) is 11.3 Å². The lowest BCUT2D eigenvalue weighted by molar-refractivity contribution is -0.116. The van der Waals surface area contributed by atoms with Gasteiger partial charge in [0.05, 0.1) is 39.7 Å². The summed E-state index contributed by atoms with van der Waals surface area (Å²) in [5, 5.41) is 0. The average Bonchev–Trinajstić information content (AvgIpc) is 2.73. The van der Waals surface area contributed by atoms with Crippen LogP contribution in [0.4, 0.5) is 5.69 Å². The van der Waals surface area contributed by atoms with Gasteiger partial charge in [0.2, 0.25) is 5.91 Å². The molecule has 7 nitrogen and oxygen atoms in total. The fourth-order valence-electron chi connectivity index (χ4n) is 2.82. The van der Waals surface area contributed by atoms with E-state index in [0.29, 0.717) is 15.9 Å². The van der Waals surface area contributed by atoms with E-state index in [2.05, 4.69) is 15.9 Å². The van der Waals surface area contributed by atoms with Crippen LogP contribution in [-0.2, 0) is 25.0 Å². The summed E-state index contributed by atoms with van der Waals surface area (Å²) in [5.41, 5.74) is 1.47. The minimum absolute atomic E-state index is 0.186. The predicted octanol–water partition coefficient (Wildman–Crippen LogP) is 5.27.